The third-order valence-corrected chi connectivity index (χ3v) is 6.27. The topological polar surface area (TPSA) is 84.0 Å². The third-order valence-electron chi connectivity index (χ3n) is 6.02. The van der Waals surface area contributed by atoms with Crippen molar-refractivity contribution in [2.75, 3.05) is 11.5 Å². The molecule has 32 heavy (non-hydrogen) atoms. The molecule has 0 spiro atoms. The maximum Gasteiger partial charge on any atom is 0.338 e. The first-order valence-electron chi connectivity index (χ1n) is 10.5. The van der Waals surface area contributed by atoms with Crippen LogP contribution in [0.4, 0.5) is 5.69 Å². The second kappa shape index (κ2) is 8.74. The van der Waals surface area contributed by atoms with Crippen molar-refractivity contribution in [2.24, 2.45) is 0 Å². The van der Waals surface area contributed by atoms with Crippen LogP contribution in [0.15, 0.2) is 42.5 Å². The second-order valence-corrected chi connectivity index (χ2v) is 8.63. The molecule has 7 nitrogen and oxygen atoms in total. The molecule has 8 heteroatoms. The van der Waals surface area contributed by atoms with Crippen molar-refractivity contribution < 1.29 is 23.9 Å². The van der Waals surface area contributed by atoms with Gasteiger partial charge in [0.15, 0.2) is 6.61 Å². The smallest absolute Gasteiger partial charge is 0.338 e. The molecule has 0 radical (unpaired) electrons. The zero-order valence-electron chi connectivity index (χ0n) is 17.8. The van der Waals surface area contributed by atoms with Gasteiger partial charge in [0, 0.05) is 17.1 Å². The van der Waals surface area contributed by atoms with E-state index in [0.29, 0.717) is 10.7 Å². The molecule has 166 valence electrons. The Kier molecular flexibility index (Phi) is 6.02. The maximum atomic E-state index is 12.9. The van der Waals surface area contributed by atoms with Crippen molar-refractivity contribution in [3.63, 3.8) is 0 Å². The molecular formula is C24H23ClN2O5. The van der Waals surface area contributed by atoms with Crippen LogP contribution in [0.25, 0.3) is 0 Å². The van der Waals surface area contributed by atoms with Gasteiger partial charge in [-0.1, -0.05) is 11.6 Å². The number of piperidine rings is 1. The standard InChI is InChI=1S/C24H23ClN2O5/c1-14-4-3-5-15(2)26(14)21(28)13-32-24(31)16-6-11-19-20(12-16)23(30)27(22(19)29)18-9-7-17(25)8-10-18/h6-12,14-15H,3-5,13H2,1-2H3/t14-,15-/m0/s1. The van der Waals surface area contributed by atoms with Crippen LogP contribution >= 0.6 is 11.6 Å². The molecule has 3 amide bonds. The molecule has 2 aromatic carbocycles. The molecule has 1 saturated heterocycles. The van der Waals surface area contributed by atoms with Crippen molar-refractivity contribution in [3.8, 4) is 0 Å². The molecule has 2 aromatic rings. The highest BCUT2D eigenvalue weighted by Crippen LogP contribution is 2.30. The van der Waals surface area contributed by atoms with E-state index in [9.17, 15) is 19.2 Å². The lowest BCUT2D eigenvalue weighted by Crippen LogP contribution is -2.49. The molecule has 0 bridgehead atoms. The molecule has 4 rings (SSSR count). The van der Waals surface area contributed by atoms with E-state index in [2.05, 4.69) is 0 Å². The highest BCUT2D eigenvalue weighted by Gasteiger charge is 2.37. The largest absolute Gasteiger partial charge is 0.452 e. The predicted molar refractivity (Wildman–Crippen MR) is 119 cm³/mol. The van der Waals surface area contributed by atoms with E-state index in [0.717, 1.165) is 24.2 Å². The highest BCUT2D eigenvalue weighted by atomic mass is 35.5. The molecular weight excluding hydrogens is 432 g/mol. The van der Waals surface area contributed by atoms with E-state index < -0.39 is 17.8 Å². The average molecular weight is 455 g/mol. The molecule has 1 fully saturated rings. The SMILES string of the molecule is C[C@H]1CCC[C@H](C)N1C(=O)COC(=O)c1ccc2c(c1)C(=O)N(c1ccc(Cl)cc1)C2=O. The van der Waals surface area contributed by atoms with Gasteiger partial charge in [-0.2, -0.15) is 0 Å². The van der Waals surface area contributed by atoms with Gasteiger partial charge >= 0.3 is 5.97 Å². The number of fused-ring (bicyclic) bond motifs is 1. The van der Waals surface area contributed by atoms with Crippen LogP contribution in [0.5, 0.6) is 0 Å². The first-order valence-corrected chi connectivity index (χ1v) is 10.9. The van der Waals surface area contributed by atoms with Gasteiger partial charge in [-0.25, -0.2) is 9.69 Å². The fourth-order valence-electron chi connectivity index (χ4n) is 4.39. The number of halogens is 1. The molecule has 0 saturated carbocycles. The Morgan fingerprint density at radius 3 is 2.25 bits per heavy atom. The Hall–Kier alpha value is -3.19. The lowest BCUT2D eigenvalue weighted by atomic mass is 9.97. The summed E-state index contributed by atoms with van der Waals surface area (Å²) in [5.41, 5.74) is 0.813. The number of carbonyl (C=O) groups is 4. The Morgan fingerprint density at radius 1 is 0.969 bits per heavy atom. The van der Waals surface area contributed by atoms with Crippen molar-refractivity contribution in [1.82, 2.24) is 4.90 Å². The van der Waals surface area contributed by atoms with Crippen LogP contribution in [0.3, 0.4) is 0 Å². The highest BCUT2D eigenvalue weighted by molar-refractivity contribution is 6.35. The predicted octanol–water partition coefficient (Wildman–Crippen LogP) is 4.09. The van der Waals surface area contributed by atoms with Gasteiger partial charge < -0.3 is 9.64 Å². The van der Waals surface area contributed by atoms with Gasteiger partial charge in [-0.15, -0.1) is 0 Å². The normalized spacial score (nSPS) is 20.3. The molecule has 0 unspecified atom stereocenters. The summed E-state index contributed by atoms with van der Waals surface area (Å²) in [5, 5.41) is 0.485. The van der Waals surface area contributed by atoms with Gasteiger partial charge in [0.2, 0.25) is 0 Å². The average Bonchev–Trinajstić information content (AvgIpc) is 3.02. The summed E-state index contributed by atoms with van der Waals surface area (Å²) in [4.78, 5) is 53.6. The third kappa shape index (κ3) is 4.00. The molecule has 2 aliphatic rings. The molecule has 2 aliphatic heterocycles. The lowest BCUT2D eigenvalue weighted by molar-refractivity contribution is -0.140. The Balaban J connectivity index is 1.47. The van der Waals surface area contributed by atoms with Gasteiger partial charge in [0.25, 0.3) is 17.7 Å². The van der Waals surface area contributed by atoms with Crippen molar-refractivity contribution in [3.05, 3.63) is 64.2 Å². The molecule has 2 atom stereocenters. The maximum absolute atomic E-state index is 12.9. The van der Waals surface area contributed by atoms with Gasteiger partial charge in [0.05, 0.1) is 22.4 Å². The van der Waals surface area contributed by atoms with Crippen LogP contribution < -0.4 is 4.90 Å². The van der Waals surface area contributed by atoms with Crippen molar-refractivity contribution in [2.45, 2.75) is 45.2 Å². The molecule has 0 aromatic heterocycles. The zero-order valence-corrected chi connectivity index (χ0v) is 18.6. The number of ether oxygens (including phenoxy) is 1. The first kappa shape index (κ1) is 22.0. The van der Waals surface area contributed by atoms with Gasteiger partial charge in [0.1, 0.15) is 0 Å². The number of amides is 3. The molecule has 0 aliphatic carbocycles. The van der Waals surface area contributed by atoms with E-state index in [-0.39, 0.29) is 41.3 Å². The fraction of sp³-hybridized carbons (Fsp3) is 0.333. The Morgan fingerprint density at radius 2 is 1.59 bits per heavy atom. The summed E-state index contributed by atoms with van der Waals surface area (Å²) in [5.74, 6) is -1.97. The van der Waals surface area contributed by atoms with Gasteiger partial charge in [-0.05, 0) is 75.6 Å². The van der Waals surface area contributed by atoms with Crippen molar-refractivity contribution >= 4 is 41.0 Å². The van der Waals surface area contributed by atoms with Crippen LogP contribution in [0.1, 0.15) is 64.2 Å². The number of benzene rings is 2. The monoisotopic (exact) mass is 454 g/mol. The van der Waals surface area contributed by atoms with E-state index in [1.54, 1.807) is 29.2 Å². The van der Waals surface area contributed by atoms with Gasteiger partial charge in [-0.3, -0.25) is 14.4 Å². The van der Waals surface area contributed by atoms with Crippen LogP contribution in [-0.2, 0) is 9.53 Å². The van der Waals surface area contributed by atoms with Crippen LogP contribution in [-0.4, -0.2) is 47.3 Å². The second-order valence-electron chi connectivity index (χ2n) is 8.19. The number of anilines is 1. The van der Waals surface area contributed by atoms with Crippen LogP contribution in [0.2, 0.25) is 5.02 Å². The summed E-state index contributed by atoms with van der Waals surface area (Å²) in [6, 6.07) is 10.7. The zero-order chi connectivity index (χ0) is 23.0. The van der Waals surface area contributed by atoms with E-state index >= 15 is 0 Å². The number of imide groups is 1. The Bertz CT molecular complexity index is 1090. The fourth-order valence-corrected chi connectivity index (χ4v) is 4.52. The summed E-state index contributed by atoms with van der Waals surface area (Å²) in [6.45, 7) is 3.62. The van der Waals surface area contributed by atoms with E-state index in [1.165, 1.54) is 18.2 Å². The minimum atomic E-state index is -0.719. The summed E-state index contributed by atoms with van der Waals surface area (Å²) < 4.78 is 5.23. The number of hydrogen-bond acceptors (Lipinski definition) is 5. The lowest BCUT2D eigenvalue weighted by Gasteiger charge is -2.38. The minimum absolute atomic E-state index is 0.104. The van der Waals surface area contributed by atoms with Crippen LogP contribution in [0, 0.1) is 0 Å². The number of hydrogen-bond donors (Lipinski definition) is 0. The molecule has 2 heterocycles. The number of esters is 1. The summed E-state index contributed by atoms with van der Waals surface area (Å²) >= 11 is 5.89. The number of nitrogens with zero attached hydrogens (tertiary/aromatic N) is 2. The molecule has 0 N–H and O–H groups in total. The first-order chi connectivity index (χ1) is 15.3. The van der Waals surface area contributed by atoms with Crippen molar-refractivity contribution in [1.29, 1.82) is 0 Å². The Labute approximate surface area is 190 Å². The summed E-state index contributed by atoms with van der Waals surface area (Å²) in [7, 11) is 0. The van der Waals surface area contributed by atoms with E-state index in [4.69, 9.17) is 16.3 Å². The quantitative estimate of drug-likeness (QED) is 0.513. The number of rotatable bonds is 4. The summed E-state index contributed by atoms with van der Waals surface area (Å²) in [6.07, 6.45) is 2.92. The van der Waals surface area contributed by atoms with E-state index in [1.807, 2.05) is 13.8 Å². The minimum Gasteiger partial charge on any atom is -0.452 e. The number of carbonyl (C=O) groups excluding carboxylic acids is 4. The number of likely N-dealkylation sites (tertiary alicyclic amines) is 1.